The summed E-state index contributed by atoms with van der Waals surface area (Å²) in [7, 11) is 0. The molecule has 0 spiro atoms. The average molecular weight is 356 g/mol. The Bertz CT molecular complexity index is 492. The topological polar surface area (TPSA) is 27.7 Å². The Kier molecular flexibility index (Phi) is 8.09. The minimum Gasteiger partial charge on any atom is -0.382 e. The van der Waals surface area contributed by atoms with Crippen molar-refractivity contribution in [2.24, 2.45) is 0 Å². The zero-order valence-corrected chi connectivity index (χ0v) is 15.3. The highest BCUT2D eigenvalue weighted by Crippen LogP contribution is 2.17. The number of ether oxygens (including phenoxy) is 1. The molecular weight excluding hydrogens is 330 g/mol. The van der Waals surface area contributed by atoms with Crippen molar-refractivity contribution in [2.45, 2.75) is 19.9 Å². The van der Waals surface area contributed by atoms with E-state index in [2.05, 4.69) is 21.2 Å². The van der Waals surface area contributed by atoms with Gasteiger partial charge in [0.2, 0.25) is 0 Å². The second-order valence-corrected chi connectivity index (χ2v) is 6.43. The van der Waals surface area contributed by atoms with Crippen LogP contribution in [0, 0.1) is 0 Å². The number of hydrogen-bond donors (Lipinski definition) is 1. The van der Waals surface area contributed by atoms with Gasteiger partial charge >= 0.3 is 0 Å². The van der Waals surface area contributed by atoms with Gasteiger partial charge in [-0.1, -0.05) is 29.8 Å². The molecule has 0 saturated carbocycles. The first-order chi connectivity index (χ1) is 11.2. The molecule has 1 aliphatic rings. The second-order valence-electron chi connectivity index (χ2n) is 5.64. The molecule has 1 N–H and O–H groups in total. The number of benzene rings is 1. The third kappa shape index (κ3) is 6.26. The van der Waals surface area contributed by atoms with Crippen LogP contribution in [-0.2, 0) is 11.3 Å². The van der Waals surface area contributed by atoms with Crippen molar-refractivity contribution in [3.63, 3.8) is 0 Å². The maximum absolute atomic E-state index is 6.24. The van der Waals surface area contributed by atoms with E-state index in [1.165, 1.54) is 5.56 Å². The second kappa shape index (κ2) is 10.1. The molecule has 1 aromatic rings. The van der Waals surface area contributed by atoms with Gasteiger partial charge in [0, 0.05) is 57.5 Å². The molecule has 1 aromatic carbocycles. The van der Waals surface area contributed by atoms with Crippen LogP contribution in [0.25, 0.3) is 0 Å². The lowest BCUT2D eigenvalue weighted by molar-refractivity contribution is 0.145. The van der Waals surface area contributed by atoms with Crippen LogP contribution < -0.4 is 5.32 Å². The van der Waals surface area contributed by atoms with Crippen LogP contribution in [0.5, 0.6) is 0 Å². The lowest BCUT2D eigenvalue weighted by Crippen LogP contribution is -2.51. The molecule has 0 radical (unpaired) electrons. The van der Waals surface area contributed by atoms with E-state index in [-0.39, 0.29) is 0 Å². The maximum atomic E-state index is 6.24. The van der Waals surface area contributed by atoms with E-state index in [1.807, 2.05) is 25.1 Å². The Hall–Kier alpha value is -0.880. The summed E-state index contributed by atoms with van der Waals surface area (Å²) in [6.07, 6.45) is 0.987. The van der Waals surface area contributed by atoms with Gasteiger partial charge < -0.3 is 15.0 Å². The van der Waals surface area contributed by atoms with Gasteiger partial charge in [-0.3, -0.25) is 4.90 Å². The van der Waals surface area contributed by atoms with Crippen molar-refractivity contribution < 1.29 is 4.74 Å². The normalized spacial score (nSPS) is 15.7. The van der Waals surface area contributed by atoms with Crippen LogP contribution in [-0.4, -0.2) is 60.8 Å². The quantitative estimate of drug-likeness (QED) is 0.599. The Morgan fingerprint density at radius 2 is 2.00 bits per heavy atom. The van der Waals surface area contributed by atoms with Gasteiger partial charge in [0.1, 0.15) is 0 Å². The number of rotatable bonds is 7. The minimum atomic E-state index is 0.776. The molecule has 1 aliphatic heterocycles. The van der Waals surface area contributed by atoms with Gasteiger partial charge in [0.05, 0.1) is 0 Å². The van der Waals surface area contributed by atoms with E-state index in [0.717, 1.165) is 69.0 Å². The van der Waals surface area contributed by atoms with Gasteiger partial charge in [-0.2, -0.15) is 0 Å². The zero-order valence-electron chi connectivity index (χ0n) is 13.8. The summed E-state index contributed by atoms with van der Waals surface area (Å²) in [5.74, 6) is 0. The SMILES string of the molecule is CCOCCCNC(=S)N1CCN(Cc2ccccc2Cl)CC1. The van der Waals surface area contributed by atoms with E-state index in [9.17, 15) is 0 Å². The summed E-state index contributed by atoms with van der Waals surface area (Å²) in [5, 5.41) is 5.03. The molecule has 0 amide bonds. The van der Waals surface area contributed by atoms with Crippen LogP contribution in [0.3, 0.4) is 0 Å². The lowest BCUT2D eigenvalue weighted by Gasteiger charge is -2.36. The molecule has 128 valence electrons. The number of halogens is 1. The average Bonchev–Trinajstić information content (AvgIpc) is 2.57. The lowest BCUT2D eigenvalue weighted by atomic mass is 10.2. The fourth-order valence-corrected chi connectivity index (χ4v) is 3.08. The zero-order chi connectivity index (χ0) is 16.5. The first-order valence-corrected chi connectivity index (χ1v) is 9.05. The summed E-state index contributed by atoms with van der Waals surface area (Å²) in [5.41, 5.74) is 1.19. The fraction of sp³-hybridized carbons (Fsp3) is 0.588. The van der Waals surface area contributed by atoms with Crippen LogP contribution >= 0.6 is 23.8 Å². The Labute approximate surface area is 149 Å². The van der Waals surface area contributed by atoms with E-state index in [1.54, 1.807) is 0 Å². The Morgan fingerprint density at radius 3 is 2.70 bits per heavy atom. The smallest absolute Gasteiger partial charge is 0.169 e. The van der Waals surface area contributed by atoms with Gasteiger partial charge in [-0.15, -0.1) is 0 Å². The van der Waals surface area contributed by atoms with Gasteiger partial charge in [-0.25, -0.2) is 0 Å². The molecule has 0 unspecified atom stereocenters. The number of nitrogens with zero attached hydrogens (tertiary/aromatic N) is 2. The summed E-state index contributed by atoms with van der Waals surface area (Å²) >= 11 is 11.7. The Balaban J connectivity index is 1.67. The minimum absolute atomic E-state index is 0.776. The summed E-state index contributed by atoms with van der Waals surface area (Å²) in [4.78, 5) is 4.68. The third-order valence-corrected chi connectivity index (χ3v) is 4.73. The van der Waals surface area contributed by atoms with Crippen LogP contribution in [0.1, 0.15) is 18.9 Å². The molecule has 6 heteroatoms. The van der Waals surface area contributed by atoms with Gasteiger partial charge in [0.25, 0.3) is 0 Å². The van der Waals surface area contributed by atoms with Crippen molar-refractivity contribution in [3.8, 4) is 0 Å². The number of nitrogens with one attached hydrogen (secondary N) is 1. The largest absolute Gasteiger partial charge is 0.382 e. The first-order valence-electron chi connectivity index (χ1n) is 8.27. The van der Waals surface area contributed by atoms with E-state index < -0.39 is 0 Å². The van der Waals surface area contributed by atoms with Gasteiger partial charge in [0.15, 0.2) is 5.11 Å². The van der Waals surface area contributed by atoms with Crippen molar-refractivity contribution in [1.29, 1.82) is 0 Å². The maximum Gasteiger partial charge on any atom is 0.169 e. The summed E-state index contributed by atoms with van der Waals surface area (Å²) in [6.45, 7) is 9.29. The first kappa shape index (κ1) is 18.5. The highest BCUT2D eigenvalue weighted by atomic mass is 35.5. The third-order valence-electron chi connectivity index (χ3n) is 3.96. The molecule has 2 rings (SSSR count). The van der Waals surface area contributed by atoms with Crippen LogP contribution in [0.2, 0.25) is 5.02 Å². The number of piperazine rings is 1. The molecule has 1 saturated heterocycles. The number of hydrogen-bond acceptors (Lipinski definition) is 3. The molecule has 0 aromatic heterocycles. The van der Waals surface area contributed by atoms with Crippen LogP contribution in [0.15, 0.2) is 24.3 Å². The molecule has 0 aliphatic carbocycles. The molecule has 4 nitrogen and oxygen atoms in total. The van der Waals surface area contributed by atoms with E-state index >= 15 is 0 Å². The predicted molar refractivity (Wildman–Crippen MR) is 100 cm³/mol. The standard InChI is InChI=1S/C17H26ClN3OS/c1-2-22-13-5-8-19-17(23)21-11-9-20(10-12-21)14-15-6-3-4-7-16(15)18/h3-4,6-7H,2,5,8-14H2,1H3,(H,19,23). The summed E-state index contributed by atoms with van der Waals surface area (Å²) < 4.78 is 5.33. The van der Waals surface area contributed by atoms with E-state index in [4.69, 9.17) is 28.6 Å². The summed E-state index contributed by atoms with van der Waals surface area (Å²) in [6, 6.07) is 8.06. The molecule has 0 atom stereocenters. The Morgan fingerprint density at radius 1 is 1.26 bits per heavy atom. The van der Waals surface area contributed by atoms with Crippen molar-refractivity contribution in [1.82, 2.24) is 15.1 Å². The highest BCUT2D eigenvalue weighted by molar-refractivity contribution is 7.80. The molecule has 1 heterocycles. The fourth-order valence-electron chi connectivity index (χ4n) is 2.60. The monoisotopic (exact) mass is 355 g/mol. The molecule has 0 bridgehead atoms. The number of thiocarbonyl (C=S) groups is 1. The predicted octanol–water partition coefficient (Wildman–Crippen LogP) is 2.76. The van der Waals surface area contributed by atoms with Crippen molar-refractivity contribution >= 4 is 28.9 Å². The van der Waals surface area contributed by atoms with Crippen molar-refractivity contribution in [2.75, 3.05) is 45.9 Å². The van der Waals surface area contributed by atoms with Gasteiger partial charge in [-0.05, 0) is 37.2 Å². The highest BCUT2D eigenvalue weighted by Gasteiger charge is 2.19. The molecule has 23 heavy (non-hydrogen) atoms. The molecular formula is C17H26ClN3OS. The van der Waals surface area contributed by atoms with Crippen molar-refractivity contribution in [3.05, 3.63) is 34.9 Å². The van der Waals surface area contributed by atoms with Crippen LogP contribution in [0.4, 0.5) is 0 Å². The molecule has 1 fully saturated rings. The van der Waals surface area contributed by atoms with E-state index in [0.29, 0.717) is 0 Å².